The van der Waals surface area contributed by atoms with Crippen LogP contribution < -0.4 is 15.8 Å². The molecule has 1 heterocycles. The van der Waals surface area contributed by atoms with Crippen molar-refractivity contribution in [2.75, 3.05) is 18.4 Å². The number of anilines is 1. The van der Waals surface area contributed by atoms with Crippen molar-refractivity contribution in [1.29, 1.82) is 0 Å². The molecular formula is C11H21N5O3S2. The van der Waals surface area contributed by atoms with Crippen LogP contribution in [0.3, 0.4) is 0 Å². The van der Waals surface area contributed by atoms with Gasteiger partial charge in [-0.25, -0.2) is 13.1 Å². The van der Waals surface area contributed by atoms with Gasteiger partial charge in [0.2, 0.25) is 15.4 Å². The molecule has 4 N–H and O–H groups in total. The van der Waals surface area contributed by atoms with Crippen LogP contribution in [0.5, 0.6) is 0 Å². The summed E-state index contributed by atoms with van der Waals surface area (Å²) in [6.07, 6.45) is 2.65. The third kappa shape index (κ3) is 6.04. The smallest absolute Gasteiger partial charge is 0.269 e. The van der Waals surface area contributed by atoms with Crippen LogP contribution in [0.4, 0.5) is 5.13 Å². The number of nitrogens with two attached hydrogens (primary N) is 1. The normalized spacial score (nSPS) is 13.1. The van der Waals surface area contributed by atoms with E-state index in [4.69, 9.17) is 5.73 Å². The Balaban J connectivity index is 2.67. The van der Waals surface area contributed by atoms with Crippen LogP contribution in [-0.2, 0) is 14.8 Å². The summed E-state index contributed by atoms with van der Waals surface area (Å²) in [5.74, 6) is -0.119. The van der Waals surface area contributed by atoms with E-state index < -0.39 is 10.0 Å². The fraction of sp³-hybridized carbons (Fsp3) is 0.727. The number of carbonyl (C=O) groups is 1. The first-order chi connectivity index (χ1) is 9.89. The molecule has 0 aliphatic heterocycles. The van der Waals surface area contributed by atoms with Crippen molar-refractivity contribution in [2.24, 2.45) is 11.7 Å². The molecule has 0 aliphatic carbocycles. The van der Waals surface area contributed by atoms with Crippen LogP contribution in [0.25, 0.3) is 0 Å². The van der Waals surface area contributed by atoms with Gasteiger partial charge in [0.1, 0.15) is 0 Å². The molecule has 0 saturated carbocycles. The SMILES string of the molecule is CCCC(CCN)CNS(=O)(=O)c1nnc(NC(C)=O)s1. The summed E-state index contributed by atoms with van der Waals surface area (Å²) in [4.78, 5) is 10.9. The van der Waals surface area contributed by atoms with Crippen LogP contribution in [0.15, 0.2) is 4.34 Å². The van der Waals surface area contributed by atoms with Gasteiger partial charge in [-0.1, -0.05) is 24.7 Å². The second kappa shape index (κ2) is 8.37. The molecule has 1 amide bonds. The zero-order chi connectivity index (χ0) is 15.9. The summed E-state index contributed by atoms with van der Waals surface area (Å²) in [5, 5.41) is 9.77. The first kappa shape index (κ1) is 18.0. The molecule has 0 bridgehead atoms. The Hall–Kier alpha value is -1.10. The summed E-state index contributed by atoms with van der Waals surface area (Å²) >= 11 is 0.817. The molecule has 0 aromatic carbocycles. The quantitative estimate of drug-likeness (QED) is 0.565. The highest BCUT2D eigenvalue weighted by atomic mass is 32.2. The molecule has 1 atom stereocenters. The molecule has 10 heteroatoms. The van der Waals surface area contributed by atoms with Crippen molar-refractivity contribution >= 4 is 32.4 Å². The van der Waals surface area contributed by atoms with E-state index in [2.05, 4.69) is 20.2 Å². The maximum atomic E-state index is 12.1. The fourth-order valence-corrected chi connectivity index (χ4v) is 3.90. The highest BCUT2D eigenvalue weighted by molar-refractivity contribution is 7.91. The van der Waals surface area contributed by atoms with Crippen molar-refractivity contribution in [2.45, 2.75) is 37.4 Å². The summed E-state index contributed by atoms with van der Waals surface area (Å²) < 4.78 is 26.6. The standard InChI is InChI=1S/C11H21N5O3S2/c1-3-4-9(5-6-12)7-13-21(18,19)11-16-15-10(20-11)14-8(2)17/h9,13H,3-7,12H2,1-2H3,(H,14,15,17). The number of hydrogen-bond acceptors (Lipinski definition) is 7. The number of aromatic nitrogens is 2. The van der Waals surface area contributed by atoms with E-state index in [1.807, 2.05) is 6.92 Å². The highest BCUT2D eigenvalue weighted by Gasteiger charge is 2.21. The molecule has 0 spiro atoms. The average molecular weight is 335 g/mol. The van der Waals surface area contributed by atoms with E-state index in [-0.39, 0.29) is 21.3 Å². The van der Waals surface area contributed by atoms with Crippen LogP contribution in [0.2, 0.25) is 0 Å². The van der Waals surface area contributed by atoms with Gasteiger partial charge >= 0.3 is 0 Å². The Morgan fingerprint density at radius 2 is 2.10 bits per heavy atom. The maximum Gasteiger partial charge on any atom is 0.269 e. The zero-order valence-corrected chi connectivity index (χ0v) is 13.8. The summed E-state index contributed by atoms with van der Waals surface area (Å²) in [5.41, 5.74) is 5.52. The predicted octanol–water partition coefficient (Wildman–Crippen LogP) is 0.540. The average Bonchev–Trinajstić information content (AvgIpc) is 2.85. The molecular weight excluding hydrogens is 314 g/mol. The predicted molar refractivity (Wildman–Crippen MR) is 81.5 cm³/mol. The van der Waals surface area contributed by atoms with Crippen molar-refractivity contribution < 1.29 is 13.2 Å². The van der Waals surface area contributed by atoms with Gasteiger partial charge in [-0.2, -0.15) is 0 Å². The Labute approximate surface area is 128 Å². The lowest BCUT2D eigenvalue weighted by Gasteiger charge is -2.15. The third-order valence-electron chi connectivity index (χ3n) is 2.75. The van der Waals surface area contributed by atoms with Gasteiger partial charge in [-0.15, -0.1) is 10.2 Å². The molecule has 0 aliphatic rings. The Morgan fingerprint density at radius 1 is 1.38 bits per heavy atom. The van der Waals surface area contributed by atoms with Gasteiger partial charge in [-0.05, 0) is 25.3 Å². The van der Waals surface area contributed by atoms with E-state index in [0.717, 1.165) is 30.6 Å². The molecule has 8 nitrogen and oxygen atoms in total. The molecule has 0 saturated heterocycles. The molecule has 0 radical (unpaired) electrons. The zero-order valence-electron chi connectivity index (χ0n) is 12.1. The first-order valence-corrected chi connectivity index (χ1v) is 8.99. The lowest BCUT2D eigenvalue weighted by atomic mass is 10.0. The van der Waals surface area contributed by atoms with Crippen molar-refractivity contribution in [3.05, 3.63) is 0 Å². The molecule has 1 aromatic rings. The van der Waals surface area contributed by atoms with E-state index in [1.165, 1.54) is 6.92 Å². The van der Waals surface area contributed by atoms with Gasteiger partial charge in [0, 0.05) is 13.5 Å². The summed E-state index contributed by atoms with van der Waals surface area (Å²) in [6.45, 7) is 4.21. The lowest BCUT2D eigenvalue weighted by molar-refractivity contribution is -0.114. The number of sulfonamides is 1. The Bertz CT molecular complexity index is 552. The maximum absolute atomic E-state index is 12.1. The molecule has 1 aromatic heterocycles. The van der Waals surface area contributed by atoms with Crippen LogP contribution in [0, 0.1) is 5.92 Å². The van der Waals surface area contributed by atoms with Crippen molar-refractivity contribution in [3.8, 4) is 0 Å². The number of nitrogens with one attached hydrogen (secondary N) is 2. The van der Waals surface area contributed by atoms with Crippen LogP contribution >= 0.6 is 11.3 Å². The topological polar surface area (TPSA) is 127 Å². The Morgan fingerprint density at radius 3 is 2.67 bits per heavy atom. The molecule has 1 unspecified atom stereocenters. The van der Waals surface area contributed by atoms with E-state index in [9.17, 15) is 13.2 Å². The minimum Gasteiger partial charge on any atom is -0.330 e. The van der Waals surface area contributed by atoms with E-state index in [0.29, 0.717) is 13.1 Å². The van der Waals surface area contributed by atoms with Gasteiger partial charge in [0.15, 0.2) is 0 Å². The second-order valence-electron chi connectivity index (χ2n) is 4.64. The van der Waals surface area contributed by atoms with Crippen LogP contribution in [0.1, 0.15) is 33.1 Å². The number of hydrogen-bond donors (Lipinski definition) is 3. The van der Waals surface area contributed by atoms with E-state index >= 15 is 0 Å². The number of amides is 1. The van der Waals surface area contributed by atoms with Gasteiger partial charge < -0.3 is 11.1 Å². The second-order valence-corrected chi connectivity index (χ2v) is 7.56. The van der Waals surface area contributed by atoms with E-state index in [1.54, 1.807) is 0 Å². The molecule has 120 valence electrons. The van der Waals surface area contributed by atoms with Gasteiger partial charge in [0.05, 0.1) is 0 Å². The number of rotatable bonds is 9. The summed E-state index contributed by atoms with van der Waals surface area (Å²) in [7, 11) is -3.70. The highest BCUT2D eigenvalue weighted by Crippen LogP contribution is 2.20. The molecule has 1 rings (SSSR count). The summed E-state index contributed by atoms with van der Waals surface area (Å²) in [6, 6.07) is 0. The van der Waals surface area contributed by atoms with Gasteiger partial charge in [0.25, 0.3) is 10.0 Å². The number of carbonyl (C=O) groups excluding carboxylic acids is 1. The Kier molecular flexibility index (Phi) is 7.15. The van der Waals surface area contributed by atoms with Crippen LogP contribution in [-0.4, -0.2) is 37.6 Å². The minimum atomic E-state index is -3.70. The lowest BCUT2D eigenvalue weighted by Crippen LogP contribution is -2.30. The fourth-order valence-electron chi connectivity index (χ4n) is 1.80. The molecule has 0 fully saturated rings. The monoisotopic (exact) mass is 335 g/mol. The first-order valence-electron chi connectivity index (χ1n) is 6.69. The third-order valence-corrected chi connectivity index (χ3v) is 5.38. The molecule has 21 heavy (non-hydrogen) atoms. The van der Waals surface area contributed by atoms with Crippen molar-refractivity contribution in [3.63, 3.8) is 0 Å². The van der Waals surface area contributed by atoms with Crippen molar-refractivity contribution in [1.82, 2.24) is 14.9 Å². The largest absolute Gasteiger partial charge is 0.330 e. The van der Waals surface area contributed by atoms with Gasteiger partial charge in [-0.3, -0.25) is 4.79 Å². The minimum absolute atomic E-state index is 0.158. The number of nitrogens with zero attached hydrogens (tertiary/aromatic N) is 2.